The quantitative estimate of drug-likeness (QED) is 0.686. The van der Waals surface area contributed by atoms with Gasteiger partial charge in [-0.25, -0.2) is 9.78 Å². The van der Waals surface area contributed by atoms with Gasteiger partial charge in [0.25, 0.3) is 5.91 Å². The Bertz CT molecular complexity index is 983. The van der Waals surface area contributed by atoms with Gasteiger partial charge < -0.3 is 19.2 Å². The van der Waals surface area contributed by atoms with Crippen LogP contribution in [0.25, 0.3) is 11.1 Å². The fourth-order valence-electron chi connectivity index (χ4n) is 2.32. The molecule has 0 bridgehead atoms. The molecule has 0 aliphatic heterocycles. The number of anilines is 1. The van der Waals surface area contributed by atoms with E-state index in [1.807, 2.05) is 0 Å². The van der Waals surface area contributed by atoms with E-state index >= 15 is 0 Å². The van der Waals surface area contributed by atoms with Gasteiger partial charge in [0.1, 0.15) is 11.3 Å². The minimum absolute atomic E-state index is 0.277. The van der Waals surface area contributed by atoms with Crippen LogP contribution < -0.4 is 10.1 Å². The maximum atomic E-state index is 12.1. The highest BCUT2D eigenvalue weighted by Crippen LogP contribution is 2.30. The van der Waals surface area contributed by atoms with Gasteiger partial charge in [-0.1, -0.05) is 11.6 Å². The summed E-state index contributed by atoms with van der Waals surface area (Å²) in [5.41, 5.74) is 2.59. The number of fused-ring (bicyclic) bond motifs is 1. The number of esters is 1. The number of ether oxygens (including phenoxy) is 2. The molecule has 134 valence electrons. The van der Waals surface area contributed by atoms with Crippen LogP contribution in [0.15, 0.2) is 41.1 Å². The van der Waals surface area contributed by atoms with Gasteiger partial charge in [0, 0.05) is 11.1 Å². The molecular formula is C18H15ClN2O5. The molecule has 0 spiro atoms. The summed E-state index contributed by atoms with van der Waals surface area (Å²) < 4.78 is 15.3. The highest BCUT2D eigenvalue weighted by atomic mass is 35.5. The van der Waals surface area contributed by atoms with E-state index in [-0.39, 0.29) is 5.56 Å². The Balaban J connectivity index is 1.63. The monoisotopic (exact) mass is 374 g/mol. The molecule has 3 rings (SSSR count). The van der Waals surface area contributed by atoms with E-state index < -0.39 is 18.5 Å². The summed E-state index contributed by atoms with van der Waals surface area (Å²) in [6.07, 6.45) is 1.29. The Hall–Kier alpha value is -3.06. The molecule has 1 heterocycles. The van der Waals surface area contributed by atoms with E-state index in [9.17, 15) is 9.59 Å². The molecule has 0 aliphatic carbocycles. The number of carbonyl (C=O) groups excluding carboxylic acids is 2. The zero-order valence-corrected chi connectivity index (χ0v) is 14.8. The van der Waals surface area contributed by atoms with Crippen molar-refractivity contribution in [1.29, 1.82) is 0 Å². The maximum absolute atomic E-state index is 12.1. The molecule has 0 fully saturated rings. The lowest BCUT2D eigenvalue weighted by molar-refractivity contribution is -0.119. The number of carbonyl (C=O) groups is 2. The van der Waals surface area contributed by atoms with Gasteiger partial charge in [0.15, 0.2) is 18.6 Å². The summed E-state index contributed by atoms with van der Waals surface area (Å²) in [6.45, 7) is 1.36. The number of amides is 1. The van der Waals surface area contributed by atoms with Crippen molar-refractivity contribution in [2.24, 2.45) is 0 Å². The lowest BCUT2D eigenvalue weighted by atomic mass is 10.2. The van der Waals surface area contributed by atoms with E-state index in [0.717, 1.165) is 5.56 Å². The highest BCUT2D eigenvalue weighted by Gasteiger charge is 2.14. The molecule has 7 nitrogen and oxygen atoms in total. The average Bonchev–Trinajstić information content (AvgIpc) is 3.10. The fourth-order valence-corrected chi connectivity index (χ4v) is 2.47. The zero-order chi connectivity index (χ0) is 18.7. The number of aromatic nitrogens is 1. The third kappa shape index (κ3) is 3.78. The topological polar surface area (TPSA) is 90.7 Å². The number of oxazole rings is 1. The van der Waals surface area contributed by atoms with E-state index in [0.29, 0.717) is 27.6 Å². The molecule has 0 radical (unpaired) electrons. The molecule has 0 atom stereocenters. The van der Waals surface area contributed by atoms with E-state index in [2.05, 4.69) is 10.3 Å². The first kappa shape index (κ1) is 17.8. The number of hydrogen-bond acceptors (Lipinski definition) is 6. The average molecular weight is 375 g/mol. The second kappa shape index (κ2) is 7.45. The van der Waals surface area contributed by atoms with Gasteiger partial charge in [-0.15, -0.1) is 0 Å². The summed E-state index contributed by atoms with van der Waals surface area (Å²) >= 11 is 6.03. The van der Waals surface area contributed by atoms with Gasteiger partial charge >= 0.3 is 5.97 Å². The Kier molecular flexibility index (Phi) is 5.09. The molecule has 0 unspecified atom stereocenters. The maximum Gasteiger partial charge on any atom is 0.338 e. The van der Waals surface area contributed by atoms with Gasteiger partial charge in [0.05, 0.1) is 18.4 Å². The van der Waals surface area contributed by atoms with Crippen molar-refractivity contribution in [2.75, 3.05) is 19.0 Å². The first-order chi connectivity index (χ1) is 12.5. The van der Waals surface area contributed by atoms with Crippen LogP contribution in [0.5, 0.6) is 5.75 Å². The predicted molar refractivity (Wildman–Crippen MR) is 95.7 cm³/mol. The number of hydrogen-bond donors (Lipinski definition) is 1. The third-order valence-electron chi connectivity index (χ3n) is 3.66. The van der Waals surface area contributed by atoms with Gasteiger partial charge in [0.2, 0.25) is 0 Å². The van der Waals surface area contributed by atoms with Crippen LogP contribution in [0.2, 0.25) is 5.02 Å². The predicted octanol–water partition coefficient (Wildman–Crippen LogP) is 3.59. The first-order valence-electron chi connectivity index (χ1n) is 7.62. The Morgan fingerprint density at radius 3 is 2.85 bits per heavy atom. The van der Waals surface area contributed by atoms with Gasteiger partial charge in [-0.05, 0) is 36.8 Å². The second-order valence-electron chi connectivity index (χ2n) is 5.46. The summed E-state index contributed by atoms with van der Waals surface area (Å²) in [4.78, 5) is 28.1. The lowest BCUT2D eigenvalue weighted by Gasteiger charge is -2.12. The van der Waals surface area contributed by atoms with Crippen molar-refractivity contribution in [3.8, 4) is 5.75 Å². The SMILES string of the molecule is COc1cc(Cl)c(C)cc1NC(=O)COC(=O)c1ccc2ocnc2c1. The summed E-state index contributed by atoms with van der Waals surface area (Å²) in [5, 5.41) is 3.16. The molecule has 26 heavy (non-hydrogen) atoms. The summed E-state index contributed by atoms with van der Waals surface area (Å²) in [7, 11) is 1.47. The standard InChI is InChI=1S/C18H15ClN2O5/c1-10-5-14(16(24-2)7-12(10)19)21-17(22)8-25-18(23)11-3-4-15-13(6-11)20-9-26-15/h3-7,9H,8H2,1-2H3,(H,21,22). The zero-order valence-electron chi connectivity index (χ0n) is 14.0. The number of nitrogens with zero attached hydrogens (tertiary/aromatic N) is 1. The van der Waals surface area contributed by atoms with Crippen LogP contribution in [0.1, 0.15) is 15.9 Å². The third-order valence-corrected chi connectivity index (χ3v) is 4.06. The van der Waals surface area contributed by atoms with Crippen LogP contribution in [0, 0.1) is 6.92 Å². The van der Waals surface area contributed by atoms with Crippen molar-refractivity contribution in [1.82, 2.24) is 4.98 Å². The van der Waals surface area contributed by atoms with Crippen molar-refractivity contribution in [2.45, 2.75) is 6.92 Å². The van der Waals surface area contributed by atoms with Crippen LogP contribution in [0.4, 0.5) is 5.69 Å². The lowest BCUT2D eigenvalue weighted by Crippen LogP contribution is -2.21. The normalized spacial score (nSPS) is 10.6. The molecule has 0 saturated heterocycles. The van der Waals surface area contributed by atoms with E-state index in [1.165, 1.54) is 19.6 Å². The minimum atomic E-state index is -0.635. The van der Waals surface area contributed by atoms with Crippen LogP contribution >= 0.6 is 11.6 Å². The molecule has 3 aromatic rings. The number of methoxy groups -OCH3 is 1. The molecule has 1 amide bonds. The molecule has 0 saturated carbocycles. The smallest absolute Gasteiger partial charge is 0.338 e. The number of benzene rings is 2. The Morgan fingerprint density at radius 1 is 1.27 bits per heavy atom. The number of rotatable bonds is 5. The van der Waals surface area contributed by atoms with Crippen molar-refractivity contribution >= 4 is 40.3 Å². The molecule has 2 aromatic carbocycles. The van der Waals surface area contributed by atoms with Crippen molar-refractivity contribution < 1.29 is 23.5 Å². The van der Waals surface area contributed by atoms with Crippen LogP contribution in [-0.4, -0.2) is 30.6 Å². The Labute approximate surface area is 153 Å². The van der Waals surface area contributed by atoms with E-state index in [4.69, 9.17) is 25.5 Å². The van der Waals surface area contributed by atoms with Crippen molar-refractivity contribution in [3.05, 3.63) is 52.9 Å². The highest BCUT2D eigenvalue weighted by molar-refractivity contribution is 6.31. The Morgan fingerprint density at radius 2 is 2.08 bits per heavy atom. The first-order valence-corrected chi connectivity index (χ1v) is 8.00. The minimum Gasteiger partial charge on any atom is -0.495 e. The summed E-state index contributed by atoms with van der Waals surface area (Å²) in [5.74, 6) is -0.720. The molecule has 0 aliphatic rings. The molecule has 1 N–H and O–H groups in total. The largest absolute Gasteiger partial charge is 0.495 e. The molecule has 8 heteroatoms. The molecular weight excluding hydrogens is 360 g/mol. The summed E-state index contributed by atoms with van der Waals surface area (Å²) in [6, 6.07) is 7.97. The van der Waals surface area contributed by atoms with Crippen LogP contribution in [0.3, 0.4) is 0 Å². The number of halogens is 1. The van der Waals surface area contributed by atoms with Crippen molar-refractivity contribution in [3.63, 3.8) is 0 Å². The fraction of sp³-hybridized carbons (Fsp3) is 0.167. The van der Waals surface area contributed by atoms with Gasteiger partial charge in [-0.3, -0.25) is 4.79 Å². The number of nitrogens with one attached hydrogen (secondary N) is 1. The van der Waals surface area contributed by atoms with E-state index in [1.54, 1.807) is 31.2 Å². The van der Waals surface area contributed by atoms with Crippen LogP contribution in [-0.2, 0) is 9.53 Å². The number of aryl methyl sites for hydroxylation is 1. The molecule has 1 aromatic heterocycles. The second-order valence-corrected chi connectivity index (χ2v) is 5.87. The van der Waals surface area contributed by atoms with Gasteiger partial charge in [-0.2, -0.15) is 0 Å².